The Morgan fingerprint density at radius 1 is 0.310 bits per heavy atom. The summed E-state index contributed by atoms with van der Waals surface area (Å²) in [5.74, 6) is 0. The molecule has 0 aliphatic heterocycles. The van der Waals surface area contributed by atoms with Gasteiger partial charge in [-0.1, -0.05) is 130 Å². The minimum absolute atomic E-state index is 0. The van der Waals surface area contributed by atoms with E-state index < -0.39 is 0 Å². The largest absolute Gasteiger partial charge is 4.00 e. The van der Waals surface area contributed by atoms with E-state index in [4.69, 9.17) is 0 Å². The molecule has 0 unspecified atom stereocenters. The van der Waals surface area contributed by atoms with E-state index in [0.29, 0.717) is 0 Å². The maximum absolute atomic E-state index is 9.80. The molecule has 0 amide bonds. The van der Waals surface area contributed by atoms with Crippen LogP contribution in [0.3, 0.4) is 0 Å². The van der Waals surface area contributed by atoms with E-state index in [1.165, 1.54) is 51.4 Å². The molecule has 0 N–H and O–H groups in total. The summed E-state index contributed by atoms with van der Waals surface area (Å²) >= 11 is 0. The molecule has 0 aromatic carbocycles. The van der Waals surface area contributed by atoms with E-state index in [1.54, 1.807) is 0 Å². The molecule has 0 aromatic rings. The standard InChI is InChI=1S/4C6H13O.Sn/c4*1-2-3-4-5-6-7;/h4*2-6H2,1H3;/q4*-1;+4. The number of hydrogen-bond acceptors (Lipinski definition) is 4. The molecule has 0 atom stereocenters. The van der Waals surface area contributed by atoms with Crippen molar-refractivity contribution in [3.8, 4) is 0 Å². The monoisotopic (exact) mass is 524 g/mol. The Kier molecular flexibility index (Phi) is 70.9. The quantitative estimate of drug-likeness (QED) is 0.229. The van der Waals surface area contributed by atoms with Gasteiger partial charge in [0.1, 0.15) is 0 Å². The van der Waals surface area contributed by atoms with E-state index in [9.17, 15) is 20.4 Å². The van der Waals surface area contributed by atoms with Crippen LogP contribution in [0.25, 0.3) is 0 Å². The second kappa shape index (κ2) is 51.4. The topological polar surface area (TPSA) is 92.2 Å². The summed E-state index contributed by atoms with van der Waals surface area (Å²) in [5.41, 5.74) is 0. The average Bonchev–Trinajstić information content (AvgIpc) is 2.71. The van der Waals surface area contributed by atoms with Gasteiger partial charge in [0.2, 0.25) is 0 Å². The minimum atomic E-state index is 0. The zero-order chi connectivity index (χ0) is 22.1. The van der Waals surface area contributed by atoms with Gasteiger partial charge in [-0.3, -0.25) is 0 Å². The van der Waals surface area contributed by atoms with Crippen molar-refractivity contribution in [1.29, 1.82) is 0 Å². The fourth-order valence-corrected chi connectivity index (χ4v) is 2.12. The van der Waals surface area contributed by atoms with Gasteiger partial charge in [-0.25, -0.2) is 0 Å². The Balaban J connectivity index is -0.0000000873. The third-order valence-corrected chi connectivity index (χ3v) is 3.99. The molecule has 0 saturated carbocycles. The number of rotatable bonds is 16. The van der Waals surface area contributed by atoms with Crippen LogP contribution in [0, 0.1) is 0 Å². The van der Waals surface area contributed by atoms with Crippen molar-refractivity contribution >= 4 is 23.9 Å². The van der Waals surface area contributed by atoms with Crippen molar-refractivity contribution in [3.05, 3.63) is 0 Å². The van der Waals surface area contributed by atoms with Gasteiger partial charge in [-0.05, 0) is 0 Å². The van der Waals surface area contributed by atoms with Gasteiger partial charge >= 0.3 is 23.9 Å². The molecule has 0 radical (unpaired) electrons. The molecule has 0 saturated heterocycles. The molecule has 0 bridgehead atoms. The second-order valence-electron chi connectivity index (χ2n) is 7.06. The Bertz CT molecular complexity index is 140. The molecule has 0 aromatic heterocycles. The second-order valence-corrected chi connectivity index (χ2v) is 7.06. The fourth-order valence-electron chi connectivity index (χ4n) is 2.12. The molecule has 0 spiro atoms. The first kappa shape index (κ1) is 40.0. The average molecular weight is 523 g/mol. The van der Waals surface area contributed by atoms with Crippen molar-refractivity contribution in [2.75, 3.05) is 26.4 Å². The third-order valence-electron chi connectivity index (χ3n) is 3.99. The Morgan fingerprint density at radius 3 is 0.586 bits per heavy atom. The predicted molar refractivity (Wildman–Crippen MR) is 122 cm³/mol. The molecule has 176 valence electrons. The zero-order valence-corrected chi connectivity index (χ0v) is 23.1. The number of hydrogen-bond donors (Lipinski definition) is 0. The van der Waals surface area contributed by atoms with Gasteiger partial charge in [0.05, 0.1) is 0 Å². The third kappa shape index (κ3) is 73.4. The molecule has 0 rings (SSSR count). The maximum Gasteiger partial charge on any atom is 4.00 e. The van der Waals surface area contributed by atoms with Gasteiger partial charge < -0.3 is 20.4 Å². The van der Waals surface area contributed by atoms with E-state index in [-0.39, 0.29) is 50.3 Å². The van der Waals surface area contributed by atoms with E-state index in [1.807, 2.05) is 0 Å². The number of unbranched alkanes of at least 4 members (excludes halogenated alkanes) is 12. The summed E-state index contributed by atoms with van der Waals surface area (Å²) in [6.45, 7) is 9.02. The van der Waals surface area contributed by atoms with Crippen molar-refractivity contribution in [3.63, 3.8) is 0 Å². The summed E-state index contributed by atoms with van der Waals surface area (Å²) < 4.78 is 0. The smallest absolute Gasteiger partial charge is 0.854 e. The molecular formula is C24H52O4Sn. The Labute approximate surface area is 200 Å². The van der Waals surface area contributed by atoms with Gasteiger partial charge in [-0.2, -0.15) is 0 Å². The van der Waals surface area contributed by atoms with Crippen LogP contribution in [-0.4, -0.2) is 50.3 Å². The van der Waals surface area contributed by atoms with Gasteiger partial charge in [0.15, 0.2) is 0 Å². The van der Waals surface area contributed by atoms with Crippen molar-refractivity contribution < 1.29 is 20.4 Å². The molecule has 29 heavy (non-hydrogen) atoms. The Morgan fingerprint density at radius 2 is 0.483 bits per heavy atom. The first-order chi connectivity index (χ1) is 13.7. The normalized spacial score (nSPS) is 9.10. The van der Waals surface area contributed by atoms with E-state index >= 15 is 0 Å². The zero-order valence-electron chi connectivity index (χ0n) is 20.3. The van der Waals surface area contributed by atoms with Gasteiger partial charge in [0.25, 0.3) is 0 Å². The van der Waals surface area contributed by atoms with Crippen LogP contribution in [0.1, 0.15) is 130 Å². The van der Waals surface area contributed by atoms with Crippen LogP contribution in [0.2, 0.25) is 0 Å². The van der Waals surface area contributed by atoms with Crippen LogP contribution < -0.4 is 20.4 Å². The molecule has 0 fully saturated rings. The first-order valence-electron chi connectivity index (χ1n) is 12.0. The van der Waals surface area contributed by atoms with Crippen molar-refractivity contribution in [1.82, 2.24) is 0 Å². The van der Waals surface area contributed by atoms with Crippen molar-refractivity contribution in [2.24, 2.45) is 0 Å². The first-order valence-corrected chi connectivity index (χ1v) is 12.0. The van der Waals surface area contributed by atoms with Crippen LogP contribution in [0.5, 0.6) is 0 Å². The summed E-state index contributed by atoms with van der Waals surface area (Å²) in [5, 5.41) is 39.2. The molecule has 4 nitrogen and oxygen atoms in total. The summed E-state index contributed by atoms with van der Waals surface area (Å²) in [7, 11) is 0. The molecular weight excluding hydrogens is 471 g/mol. The molecule has 5 heteroatoms. The van der Waals surface area contributed by atoms with Crippen molar-refractivity contribution in [2.45, 2.75) is 130 Å². The molecule has 0 heterocycles. The fraction of sp³-hybridized carbons (Fsp3) is 1.00. The van der Waals surface area contributed by atoms with Crippen LogP contribution in [0.15, 0.2) is 0 Å². The molecule has 0 aliphatic rings. The minimum Gasteiger partial charge on any atom is -0.854 e. The summed E-state index contributed by atoms with van der Waals surface area (Å²) in [6, 6.07) is 0. The predicted octanol–water partition coefficient (Wildman–Crippen LogP) is 3.33. The van der Waals surface area contributed by atoms with Crippen LogP contribution >= 0.6 is 0 Å². The maximum atomic E-state index is 9.80. The van der Waals surface area contributed by atoms with Crippen LogP contribution in [-0.2, 0) is 0 Å². The van der Waals surface area contributed by atoms with E-state index in [0.717, 1.165) is 51.4 Å². The van der Waals surface area contributed by atoms with Crippen LogP contribution in [0.4, 0.5) is 0 Å². The summed E-state index contributed by atoms with van der Waals surface area (Å²) in [4.78, 5) is 0. The van der Waals surface area contributed by atoms with Gasteiger partial charge in [0, 0.05) is 0 Å². The summed E-state index contributed by atoms with van der Waals surface area (Å²) in [6.07, 6.45) is 17.8. The van der Waals surface area contributed by atoms with Gasteiger partial charge in [-0.15, -0.1) is 26.4 Å². The Hall–Kier alpha value is 0.639. The molecule has 0 aliphatic carbocycles. The SMILES string of the molecule is CCCCCC[O-].CCCCCC[O-].CCCCCC[O-].CCCCCC[O-].[Sn+4]. The van der Waals surface area contributed by atoms with E-state index in [2.05, 4.69) is 27.7 Å².